The Morgan fingerprint density at radius 3 is 2.50 bits per heavy atom. The average molecular weight is 250 g/mol. The lowest BCUT2D eigenvalue weighted by molar-refractivity contribution is 0.282. The van der Waals surface area contributed by atoms with Crippen LogP contribution in [0, 0.1) is 0 Å². The summed E-state index contributed by atoms with van der Waals surface area (Å²) in [7, 11) is 0. The summed E-state index contributed by atoms with van der Waals surface area (Å²) in [5.41, 5.74) is 0.265. The van der Waals surface area contributed by atoms with Crippen LogP contribution in [0.2, 0.25) is 0 Å². The average Bonchev–Trinajstić information content (AvgIpc) is 2.85. The highest BCUT2D eigenvalue weighted by molar-refractivity contribution is 4.99. The second-order valence-corrected chi connectivity index (χ2v) is 5.34. The molecule has 1 aliphatic heterocycles. The second-order valence-electron chi connectivity index (χ2n) is 5.34. The number of aromatic nitrogens is 3. The van der Waals surface area contributed by atoms with Gasteiger partial charge in [0.15, 0.2) is 0 Å². The summed E-state index contributed by atoms with van der Waals surface area (Å²) in [5.74, 6) is 2.29. The molecule has 0 saturated carbocycles. The lowest BCUT2D eigenvalue weighted by Crippen LogP contribution is -2.43. The molecular weight excluding hydrogens is 224 g/mol. The number of nitrogens with zero attached hydrogens (tertiary/aromatic N) is 3. The first kappa shape index (κ1) is 13.5. The van der Waals surface area contributed by atoms with Gasteiger partial charge in [0.1, 0.15) is 11.6 Å². The number of hydrogen-bond donors (Lipinski definition) is 1. The normalized spacial score (nSPS) is 15.7. The van der Waals surface area contributed by atoms with Gasteiger partial charge in [-0.1, -0.05) is 20.8 Å². The summed E-state index contributed by atoms with van der Waals surface area (Å²) in [6.45, 7) is 8.73. The molecule has 2 rings (SSSR count). The van der Waals surface area contributed by atoms with Crippen molar-refractivity contribution in [3.05, 3.63) is 11.6 Å². The number of nitrogens with one attached hydrogen (secondary N) is 1. The Morgan fingerprint density at radius 1 is 1.11 bits per heavy atom. The maximum absolute atomic E-state index is 4.35. The van der Waals surface area contributed by atoms with Crippen LogP contribution in [0.1, 0.15) is 64.5 Å². The van der Waals surface area contributed by atoms with Gasteiger partial charge in [-0.15, -0.1) is 10.2 Å². The van der Waals surface area contributed by atoms with Crippen LogP contribution in [0.25, 0.3) is 0 Å². The molecule has 4 nitrogen and oxygen atoms in total. The Hall–Kier alpha value is -0.900. The van der Waals surface area contributed by atoms with E-state index in [2.05, 4.69) is 40.9 Å². The van der Waals surface area contributed by atoms with Crippen LogP contribution < -0.4 is 5.32 Å². The SMILES string of the molecule is CCC(CC)(CC)NCc1nnc2n1CCCC2. The van der Waals surface area contributed by atoms with Crippen LogP contribution in [0.4, 0.5) is 0 Å². The van der Waals surface area contributed by atoms with E-state index in [0.717, 1.165) is 25.3 Å². The van der Waals surface area contributed by atoms with Crippen molar-refractivity contribution in [3.8, 4) is 0 Å². The third-order valence-electron chi connectivity index (χ3n) is 4.59. The fourth-order valence-electron chi connectivity index (χ4n) is 2.89. The third kappa shape index (κ3) is 2.58. The van der Waals surface area contributed by atoms with Crippen molar-refractivity contribution in [1.82, 2.24) is 20.1 Å². The van der Waals surface area contributed by atoms with E-state index in [1.807, 2.05) is 0 Å². The Bertz CT molecular complexity index is 371. The van der Waals surface area contributed by atoms with E-state index >= 15 is 0 Å². The van der Waals surface area contributed by atoms with Crippen molar-refractivity contribution in [2.75, 3.05) is 0 Å². The molecule has 102 valence electrons. The minimum absolute atomic E-state index is 0.265. The van der Waals surface area contributed by atoms with Gasteiger partial charge in [0.05, 0.1) is 6.54 Å². The minimum Gasteiger partial charge on any atom is -0.314 e. The van der Waals surface area contributed by atoms with Gasteiger partial charge in [-0.2, -0.15) is 0 Å². The van der Waals surface area contributed by atoms with Gasteiger partial charge >= 0.3 is 0 Å². The van der Waals surface area contributed by atoms with Gasteiger partial charge in [0.25, 0.3) is 0 Å². The summed E-state index contributed by atoms with van der Waals surface area (Å²) < 4.78 is 2.31. The van der Waals surface area contributed by atoms with Crippen molar-refractivity contribution in [2.45, 2.75) is 77.9 Å². The minimum atomic E-state index is 0.265. The molecule has 0 spiro atoms. The summed E-state index contributed by atoms with van der Waals surface area (Å²) in [4.78, 5) is 0. The number of hydrogen-bond acceptors (Lipinski definition) is 3. The molecule has 0 atom stereocenters. The van der Waals surface area contributed by atoms with E-state index < -0.39 is 0 Å². The first-order valence-corrected chi connectivity index (χ1v) is 7.40. The molecule has 1 N–H and O–H groups in total. The summed E-state index contributed by atoms with van der Waals surface area (Å²) in [5, 5.41) is 12.4. The van der Waals surface area contributed by atoms with Gasteiger partial charge in [0.2, 0.25) is 0 Å². The van der Waals surface area contributed by atoms with Crippen LogP contribution in [0.5, 0.6) is 0 Å². The largest absolute Gasteiger partial charge is 0.314 e. The van der Waals surface area contributed by atoms with Crippen LogP contribution in [-0.4, -0.2) is 20.3 Å². The maximum atomic E-state index is 4.35. The van der Waals surface area contributed by atoms with E-state index in [9.17, 15) is 0 Å². The summed E-state index contributed by atoms with van der Waals surface area (Å²) >= 11 is 0. The van der Waals surface area contributed by atoms with Crippen molar-refractivity contribution in [2.24, 2.45) is 0 Å². The van der Waals surface area contributed by atoms with E-state index in [-0.39, 0.29) is 5.54 Å². The second kappa shape index (κ2) is 5.83. The first-order chi connectivity index (χ1) is 8.74. The zero-order valence-corrected chi connectivity index (χ0v) is 12.0. The maximum Gasteiger partial charge on any atom is 0.147 e. The fraction of sp³-hybridized carbons (Fsp3) is 0.857. The smallest absolute Gasteiger partial charge is 0.147 e. The lowest BCUT2D eigenvalue weighted by atomic mass is 9.90. The standard InChI is InChI=1S/C14H26N4/c1-4-14(5-2,6-3)15-11-13-17-16-12-9-7-8-10-18(12)13/h15H,4-11H2,1-3H3. The molecule has 0 saturated heterocycles. The Morgan fingerprint density at radius 2 is 1.83 bits per heavy atom. The van der Waals surface area contributed by atoms with E-state index in [4.69, 9.17) is 0 Å². The highest BCUT2D eigenvalue weighted by Crippen LogP contribution is 2.20. The number of aryl methyl sites for hydroxylation is 1. The summed E-state index contributed by atoms with van der Waals surface area (Å²) in [6, 6.07) is 0. The fourth-order valence-corrected chi connectivity index (χ4v) is 2.89. The van der Waals surface area contributed by atoms with Gasteiger partial charge in [-0.25, -0.2) is 0 Å². The number of fused-ring (bicyclic) bond motifs is 1. The van der Waals surface area contributed by atoms with Crippen LogP contribution in [0.15, 0.2) is 0 Å². The predicted molar refractivity (Wildman–Crippen MR) is 73.4 cm³/mol. The molecule has 0 radical (unpaired) electrons. The summed E-state index contributed by atoms with van der Waals surface area (Å²) in [6.07, 6.45) is 7.11. The molecule has 2 heterocycles. The van der Waals surface area contributed by atoms with E-state index in [0.29, 0.717) is 0 Å². The first-order valence-electron chi connectivity index (χ1n) is 7.40. The highest BCUT2D eigenvalue weighted by atomic mass is 15.3. The molecular formula is C14H26N4. The molecule has 0 aliphatic carbocycles. The molecule has 1 aromatic rings. The van der Waals surface area contributed by atoms with Crippen LogP contribution >= 0.6 is 0 Å². The highest BCUT2D eigenvalue weighted by Gasteiger charge is 2.24. The molecule has 1 aromatic heterocycles. The van der Waals surface area contributed by atoms with Gasteiger partial charge < -0.3 is 9.88 Å². The van der Waals surface area contributed by atoms with Crippen molar-refractivity contribution in [3.63, 3.8) is 0 Å². The molecule has 0 amide bonds. The molecule has 0 unspecified atom stereocenters. The lowest BCUT2D eigenvalue weighted by Gasteiger charge is -2.32. The zero-order valence-electron chi connectivity index (χ0n) is 12.0. The Labute approximate surface area is 110 Å². The Balaban J connectivity index is 2.03. The van der Waals surface area contributed by atoms with Crippen molar-refractivity contribution in [1.29, 1.82) is 0 Å². The monoisotopic (exact) mass is 250 g/mol. The van der Waals surface area contributed by atoms with Crippen LogP contribution in [-0.2, 0) is 19.5 Å². The van der Waals surface area contributed by atoms with Gasteiger partial charge in [-0.05, 0) is 32.1 Å². The van der Waals surface area contributed by atoms with Crippen LogP contribution in [0.3, 0.4) is 0 Å². The zero-order chi connectivity index (χ0) is 13.0. The third-order valence-corrected chi connectivity index (χ3v) is 4.59. The Kier molecular flexibility index (Phi) is 4.38. The molecule has 0 bridgehead atoms. The van der Waals surface area contributed by atoms with E-state index in [1.165, 1.54) is 37.9 Å². The number of rotatable bonds is 6. The quantitative estimate of drug-likeness (QED) is 0.844. The molecule has 0 aromatic carbocycles. The molecule has 4 heteroatoms. The van der Waals surface area contributed by atoms with Gasteiger partial charge in [-0.3, -0.25) is 0 Å². The molecule has 0 fully saturated rings. The topological polar surface area (TPSA) is 42.7 Å². The van der Waals surface area contributed by atoms with E-state index in [1.54, 1.807) is 0 Å². The predicted octanol–water partition coefficient (Wildman–Crippen LogP) is 2.67. The van der Waals surface area contributed by atoms with Gasteiger partial charge in [0, 0.05) is 18.5 Å². The van der Waals surface area contributed by atoms with Crippen molar-refractivity contribution < 1.29 is 0 Å². The molecule has 1 aliphatic rings. The van der Waals surface area contributed by atoms with Crippen molar-refractivity contribution >= 4 is 0 Å². The molecule has 18 heavy (non-hydrogen) atoms.